The maximum Gasteiger partial charge on any atom is 0.138 e. The highest BCUT2D eigenvalue weighted by Gasteiger charge is 2.19. The van der Waals surface area contributed by atoms with Crippen molar-refractivity contribution in [2.45, 2.75) is 19.4 Å². The van der Waals surface area contributed by atoms with Crippen molar-refractivity contribution in [1.29, 1.82) is 0 Å². The van der Waals surface area contributed by atoms with Crippen molar-refractivity contribution in [2.75, 3.05) is 0 Å². The van der Waals surface area contributed by atoms with Crippen molar-refractivity contribution >= 4 is 23.2 Å². The average molecular weight is 348 g/mol. The van der Waals surface area contributed by atoms with Crippen LogP contribution < -0.4 is 0 Å². The quantitative estimate of drug-likeness (QED) is 0.770. The second kappa shape index (κ2) is 6.71. The molecule has 1 atom stereocenters. The number of aromatic nitrogens is 3. The molecule has 0 spiro atoms. The predicted molar refractivity (Wildman–Crippen MR) is 92.2 cm³/mol. The first-order valence-electron chi connectivity index (χ1n) is 7.17. The van der Waals surface area contributed by atoms with E-state index >= 15 is 0 Å². The molecule has 0 saturated heterocycles. The molecule has 0 fully saturated rings. The van der Waals surface area contributed by atoms with Gasteiger partial charge in [-0.1, -0.05) is 53.5 Å². The number of halogens is 2. The lowest BCUT2D eigenvalue weighted by molar-refractivity contribution is 0.195. The fourth-order valence-corrected chi connectivity index (χ4v) is 3.23. The van der Waals surface area contributed by atoms with Crippen LogP contribution in [0.4, 0.5) is 0 Å². The first-order valence-corrected chi connectivity index (χ1v) is 7.93. The van der Waals surface area contributed by atoms with Gasteiger partial charge in [0.05, 0.1) is 21.8 Å². The van der Waals surface area contributed by atoms with Crippen LogP contribution in [0.15, 0.2) is 49.1 Å². The van der Waals surface area contributed by atoms with Gasteiger partial charge in [0.1, 0.15) is 12.7 Å². The molecular formula is C17H15Cl2N3O. The lowest BCUT2D eigenvalue weighted by Crippen LogP contribution is -2.07. The third-order valence-corrected chi connectivity index (χ3v) is 4.31. The van der Waals surface area contributed by atoms with Crippen molar-refractivity contribution in [1.82, 2.24) is 14.8 Å². The van der Waals surface area contributed by atoms with Gasteiger partial charge < -0.3 is 5.11 Å². The number of nitrogens with zero attached hydrogens (tertiary/aromatic N) is 3. The van der Waals surface area contributed by atoms with Crippen LogP contribution in [0.25, 0.3) is 16.8 Å². The minimum absolute atomic E-state index is 0.428. The van der Waals surface area contributed by atoms with Crippen molar-refractivity contribution in [3.8, 4) is 16.8 Å². The van der Waals surface area contributed by atoms with Crippen LogP contribution in [0.2, 0.25) is 10.0 Å². The molecule has 4 nitrogen and oxygen atoms in total. The normalized spacial score (nSPS) is 12.3. The molecule has 3 rings (SSSR count). The lowest BCUT2D eigenvalue weighted by Gasteiger charge is -2.17. The van der Waals surface area contributed by atoms with E-state index < -0.39 is 6.10 Å². The number of hydrogen-bond acceptors (Lipinski definition) is 3. The number of rotatable bonds is 4. The second-order valence-electron chi connectivity index (χ2n) is 5.32. The van der Waals surface area contributed by atoms with Crippen LogP contribution in [0, 0.1) is 0 Å². The van der Waals surface area contributed by atoms with Crippen LogP contribution in [-0.4, -0.2) is 26.0 Å². The third-order valence-electron chi connectivity index (χ3n) is 3.50. The molecule has 0 aliphatic heterocycles. The first-order chi connectivity index (χ1) is 11.1. The highest BCUT2D eigenvalue weighted by atomic mass is 35.5. The van der Waals surface area contributed by atoms with Crippen LogP contribution >= 0.6 is 23.2 Å². The summed E-state index contributed by atoms with van der Waals surface area (Å²) in [4.78, 5) is 3.97. The Balaban J connectivity index is 2.27. The molecule has 0 aliphatic carbocycles. The molecule has 2 aromatic carbocycles. The molecule has 0 bridgehead atoms. The standard InChI is InChI=1S/C17H15Cl2N3O/c1-11(23)7-13-8-14(22-10-20-9-21-22)17(19)15(16(13)18)12-5-3-2-4-6-12/h2-6,8-11,23H,7H2,1H3. The van der Waals surface area contributed by atoms with E-state index in [-0.39, 0.29) is 0 Å². The summed E-state index contributed by atoms with van der Waals surface area (Å²) in [6, 6.07) is 11.5. The lowest BCUT2D eigenvalue weighted by atomic mass is 9.99. The van der Waals surface area contributed by atoms with E-state index in [0.717, 1.165) is 16.7 Å². The number of aliphatic hydroxyl groups is 1. The van der Waals surface area contributed by atoms with E-state index in [9.17, 15) is 5.11 Å². The van der Waals surface area contributed by atoms with Crippen LogP contribution in [-0.2, 0) is 6.42 Å². The van der Waals surface area contributed by atoms with E-state index in [1.165, 1.54) is 6.33 Å². The Hall–Kier alpha value is -1.88. The minimum atomic E-state index is -0.513. The Kier molecular flexibility index (Phi) is 4.66. The molecule has 6 heteroatoms. The van der Waals surface area contributed by atoms with E-state index in [1.807, 2.05) is 36.4 Å². The molecule has 23 heavy (non-hydrogen) atoms. The Bertz CT molecular complexity index is 802. The van der Waals surface area contributed by atoms with Gasteiger partial charge in [-0.25, -0.2) is 9.67 Å². The number of aliphatic hydroxyl groups excluding tert-OH is 1. The summed E-state index contributed by atoms with van der Waals surface area (Å²) in [5.41, 5.74) is 3.15. The van der Waals surface area contributed by atoms with Crippen molar-refractivity contribution < 1.29 is 5.11 Å². The van der Waals surface area contributed by atoms with Gasteiger partial charge in [0.2, 0.25) is 0 Å². The summed E-state index contributed by atoms with van der Waals surface area (Å²) in [7, 11) is 0. The summed E-state index contributed by atoms with van der Waals surface area (Å²) in [6.45, 7) is 1.72. The van der Waals surface area contributed by atoms with E-state index in [0.29, 0.717) is 22.2 Å². The summed E-state index contributed by atoms with van der Waals surface area (Å²) in [5.74, 6) is 0. The summed E-state index contributed by atoms with van der Waals surface area (Å²) >= 11 is 13.2. The molecule has 0 aliphatic rings. The predicted octanol–water partition coefficient (Wildman–Crippen LogP) is 4.16. The Morgan fingerprint density at radius 1 is 1.17 bits per heavy atom. The molecule has 0 radical (unpaired) electrons. The Morgan fingerprint density at radius 2 is 1.91 bits per heavy atom. The maximum atomic E-state index is 9.76. The zero-order valence-corrected chi connectivity index (χ0v) is 14.0. The van der Waals surface area contributed by atoms with Crippen LogP contribution in [0.1, 0.15) is 12.5 Å². The van der Waals surface area contributed by atoms with Crippen molar-refractivity contribution in [3.05, 3.63) is 64.7 Å². The van der Waals surface area contributed by atoms with Gasteiger partial charge in [0, 0.05) is 5.56 Å². The molecule has 0 saturated carbocycles. The molecule has 1 heterocycles. The van der Waals surface area contributed by atoms with Crippen LogP contribution in [0.5, 0.6) is 0 Å². The van der Waals surface area contributed by atoms with E-state index in [4.69, 9.17) is 23.2 Å². The highest BCUT2D eigenvalue weighted by molar-refractivity contribution is 6.40. The highest BCUT2D eigenvalue weighted by Crippen LogP contribution is 2.41. The van der Waals surface area contributed by atoms with Gasteiger partial charge in [0.25, 0.3) is 0 Å². The number of benzene rings is 2. The number of hydrogen-bond donors (Lipinski definition) is 1. The van der Waals surface area contributed by atoms with Crippen molar-refractivity contribution in [3.63, 3.8) is 0 Å². The summed E-state index contributed by atoms with van der Waals surface area (Å²) in [6.07, 6.45) is 2.94. The molecule has 3 aromatic rings. The van der Waals surface area contributed by atoms with Gasteiger partial charge in [-0.3, -0.25) is 0 Å². The van der Waals surface area contributed by atoms with E-state index in [2.05, 4.69) is 10.1 Å². The van der Waals surface area contributed by atoms with Crippen LogP contribution in [0.3, 0.4) is 0 Å². The minimum Gasteiger partial charge on any atom is -0.393 e. The second-order valence-corrected chi connectivity index (χ2v) is 6.07. The molecular weight excluding hydrogens is 333 g/mol. The molecule has 1 unspecified atom stereocenters. The van der Waals surface area contributed by atoms with Gasteiger partial charge in [0.15, 0.2) is 0 Å². The zero-order chi connectivity index (χ0) is 16.4. The van der Waals surface area contributed by atoms with Gasteiger partial charge in [-0.15, -0.1) is 0 Å². The molecule has 1 N–H and O–H groups in total. The SMILES string of the molecule is CC(O)Cc1cc(-n2cncn2)c(Cl)c(-c2ccccc2)c1Cl. The fourth-order valence-electron chi connectivity index (χ4n) is 2.50. The molecule has 118 valence electrons. The van der Waals surface area contributed by atoms with Gasteiger partial charge in [-0.2, -0.15) is 5.10 Å². The largest absolute Gasteiger partial charge is 0.393 e. The summed E-state index contributed by atoms with van der Waals surface area (Å²) < 4.78 is 1.59. The fraction of sp³-hybridized carbons (Fsp3) is 0.176. The molecule has 1 aromatic heterocycles. The monoisotopic (exact) mass is 347 g/mol. The Morgan fingerprint density at radius 3 is 2.52 bits per heavy atom. The Labute approximate surface area is 144 Å². The summed E-state index contributed by atoms with van der Waals surface area (Å²) in [5, 5.41) is 15.0. The van der Waals surface area contributed by atoms with E-state index in [1.54, 1.807) is 17.9 Å². The average Bonchev–Trinajstić information content (AvgIpc) is 3.05. The smallest absolute Gasteiger partial charge is 0.138 e. The van der Waals surface area contributed by atoms with Gasteiger partial charge in [-0.05, 0) is 30.5 Å². The maximum absolute atomic E-state index is 9.76. The third kappa shape index (κ3) is 3.24. The van der Waals surface area contributed by atoms with Crippen molar-refractivity contribution in [2.24, 2.45) is 0 Å². The first kappa shape index (κ1) is 16.0. The van der Waals surface area contributed by atoms with Gasteiger partial charge >= 0.3 is 0 Å². The molecule has 0 amide bonds. The zero-order valence-electron chi connectivity index (χ0n) is 12.4. The topological polar surface area (TPSA) is 50.9 Å².